The summed E-state index contributed by atoms with van der Waals surface area (Å²) in [7, 11) is 0. The number of amides is 1. The average molecular weight is 650 g/mol. The molecule has 0 aliphatic carbocycles. The molecule has 2 aliphatic heterocycles. The van der Waals surface area contributed by atoms with Crippen molar-refractivity contribution in [3.05, 3.63) is 147 Å². The Balaban J connectivity index is 0.984. The van der Waals surface area contributed by atoms with E-state index >= 15 is 0 Å². The third kappa shape index (κ3) is 7.54. The zero-order valence-corrected chi connectivity index (χ0v) is 25.8. The first-order chi connectivity index (χ1) is 21.5. The molecule has 0 aromatic heterocycles. The Morgan fingerprint density at radius 3 is 2.50 bits per heavy atom. The van der Waals surface area contributed by atoms with Gasteiger partial charge in [0.1, 0.15) is 18.1 Å². The van der Waals surface area contributed by atoms with Crippen molar-refractivity contribution in [3.63, 3.8) is 0 Å². The topological polar surface area (TPSA) is 67.9 Å². The highest BCUT2D eigenvalue weighted by atomic mass is 79.9. The van der Waals surface area contributed by atoms with Crippen molar-refractivity contribution >= 4 is 33.7 Å². The van der Waals surface area contributed by atoms with Crippen LogP contribution in [-0.4, -0.2) is 35.7 Å². The predicted molar refractivity (Wildman–Crippen MR) is 176 cm³/mol. The molecule has 4 aromatic rings. The molecule has 1 saturated heterocycles. The first-order valence-corrected chi connectivity index (χ1v) is 15.6. The second-order valence-corrected chi connectivity index (χ2v) is 11.9. The average Bonchev–Trinajstić information content (AvgIpc) is 3.36. The number of ether oxygens (including phenoxy) is 2. The number of nitrogens with zero attached hydrogens (tertiary/aromatic N) is 1. The monoisotopic (exact) mass is 648 g/mol. The van der Waals surface area contributed by atoms with E-state index in [9.17, 15) is 9.59 Å². The van der Waals surface area contributed by atoms with Crippen LogP contribution in [0.25, 0.3) is 6.08 Å². The Hall–Kier alpha value is -4.46. The van der Waals surface area contributed by atoms with Gasteiger partial charge in [-0.2, -0.15) is 0 Å². The second-order valence-electron chi connectivity index (χ2n) is 11.0. The van der Waals surface area contributed by atoms with Crippen molar-refractivity contribution in [1.29, 1.82) is 0 Å². The highest BCUT2D eigenvalue weighted by Gasteiger charge is 2.27. The Morgan fingerprint density at radius 2 is 1.70 bits per heavy atom. The number of halogens is 1. The van der Waals surface area contributed by atoms with Crippen LogP contribution in [0.1, 0.15) is 50.2 Å². The predicted octanol–water partition coefficient (Wildman–Crippen LogP) is 7.59. The molecule has 0 atom stereocenters. The second kappa shape index (κ2) is 13.9. The number of hydrogen-bond donors (Lipinski definition) is 1. The Morgan fingerprint density at radius 1 is 0.932 bits per heavy atom. The molecule has 1 amide bonds. The van der Waals surface area contributed by atoms with E-state index in [0.717, 1.165) is 48.1 Å². The normalized spacial score (nSPS) is 16.2. The summed E-state index contributed by atoms with van der Waals surface area (Å²) in [4.78, 5) is 27.8. The number of ketones is 1. The molecule has 2 aliphatic rings. The summed E-state index contributed by atoms with van der Waals surface area (Å²) in [6.45, 7) is 3.12. The summed E-state index contributed by atoms with van der Waals surface area (Å²) in [5.41, 5.74) is 4.57. The van der Waals surface area contributed by atoms with Gasteiger partial charge in [-0.05, 0) is 72.0 Å². The Bertz CT molecular complexity index is 1690. The van der Waals surface area contributed by atoms with Gasteiger partial charge in [0.25, 0.3) is 5.91 Å². The minimum absolute atomic E-state index is 0.0157. The van der Waals surface area contributed by atoms with Crippen LogP contribution in [0.3, 0.4) is 0 Å². The van der Waals surface area contributed by atoms with Gasteiger partial charge < -0.3 is 14.8 Å². The number of rotatable bonds is 9. The molecule has 6 rings (SSSR count). The number of benzene rings is 4. The third-order valence-electron chi connectivity index (χ3n) is 7.81. The van der Waals surface area contributed by atoms with Gasteiger partial charge in [0.15, 0.2) is 5.76 Å². The van der Waals surface area contributed by atoms with E-state index in [1.54, 1.807) is 18.2 Å². The van der Waals surface area contributed by atoms with Gasteiger partial charge in [0, 0.05) is 41.8 Å². The minimum Gasteiger partial charge on any atom is -0.489 e. The Kier molecular flexibility index (Phi) is 9.34. The van der Waals surface area contributed by atoms with Gasteiger partial charge in [-0.25, -0.2) is 0 Å². The molecule has 0 unspecified atom stereocenters. The number of carbonyl (C=O) groups excluding carboxylic acids is 2. The fourth-order valence-electron chi connectivity index (χ4n) is 5.43. The maximum Gasteiger partial charge on any atom is 0.251 e. The standard InChI is InChI=1S/C37H33BrN2O4/c38-30-14-12-29(13-15-30)37(42)39-31-18-20-40(21-19-31)24-27-9-4-10-28(22-27)25-43-32-16-17-33-35(23-32)44-34(36(33)41)11-5-8-26-6-2-1-3-7-26/h1-17,22-23,31H,18-21,24-25H2,(H,39,42). The quantitative estimate of drug-likeness (QED) is 0.189. The van der Waals surface area contributed by atoms with E-state index in [4.69, 9.17) is 9.47 Å². The van der Waals surface area contributed by atoms with Crippen LogP contribution in [0.2, 0.25) is 0 Å². The first-order valence-electron chi connectivity index (χ1n) is 14.8. The molecule has 4 aromatic carbocycles. The number of fused-ring (bicyclic) bond motifs is 1. The highest BCUT2D eigenvalue weighted by Crippen LogP contribution is 2.34. The van der Waals surface area contributed by atoms with Crippen molar-refractivity contribution < 1.29 is 19.1 Å². The number of likely N-dealkylation sites (tertiary alicyclic amines) is 1. The van der Waals surface area contributed by atoms with Crippen molar-refractivity contribution in [2.45, 2.75) is 32.0 Å². The smallest absolute Gasteiger partial charge is 0.251 e. The molecule has 1 fully saturated rings. The van der Waals surface area contributed by atoms with Crippen LogP contribution in [0.4, 0.5) is 0 Å². The summed E-state index contributed by atoms with van der Waals surface area (Å²) in [5.74, 6) is 1.31. The summed E-state index contributed by atoms with van der Waals surface area (Å²) >= 11 is 3.41. The zero-order valence-electron chi connectivity index (χ0n) is 24.2. The van der Waals surface area contributed by atoms with Crippen LogP contribution in [-0.2, 0) is 13.2 Å². The van der Waals surface area contributed by atoms with E-state index in [2.05, 4.69) is 50.4 Å². The molecule has 0 spiro atoms. The number of hydrogen-bond acceptors (Lipinski definition) is 5. The summed E-state index contributed by atoms with van der Waals surface area (Å²) in [5, 5.41) is 3.18. The molecule has 222 valence electrons. The lowest BCUT2D eigenvalue weighted by atomic mass is 10.0. The van der Waals surface area contributed by atoms with Gasteiger partial charge >= 0.3 is 0 Å². The highest BCUT2D eigenvalue weighted by molar-refractivity contribution is 9.10. The van der Waals surface area contributed by atoms with E-state index in [1.807, 2.05) is 72.8 Å². The lowest BCUT2D eigenvalue weighted by Crippen LogP contribution is -2.44. The molecule has 2 heterocycles. The van der Waals surface area contributed by atoms with Crippen LogP contribution < -0.4 is 14.8 Å². The summed E-state index contributed by atoms with van der Waals surface area (Å²) in [6, 6.07) is 31.3. The maximum atomic E-state index is 12.8. The van der Waals surface area contributed by atoms with Gasteiger partial charge in [-0.1, -0.05) is 82.7 Å². The van der Waals surface area contributed by atoms with Crippen molar-refractivity contribution in [3.8, 4) is 11.5 Å². The van der Waals surface area contributed by atoms with E-state index in [0.29, 0.717) is 35.0 Å². The van der Waals surface area contributed by atoms with Gasteiger partial charge in [0.05, 0.1) is 5.56 Å². The van der Waals surface area contributed by atoms with Crippen molar-refractivity contribution in [1.82, 2.24) is 10.2 Å². The number of allylic oxidation sites excluding steroid dienone is 3. The van der Waals surface area contributed by atoms with Crippen LogP contribution in [0.15, 0.2) is 119 Å². The lowest BCUT2D eigenvalue weighted by Gasteiger charge is -2.32. The fourth-order valence-corrected chi connectivity index (χ4v) is 5.69. The fraction of sp³-hybridized carbons (Fsp3) is 0.189. The molecule has 0 saturated carbocycles. The first kappa shape index (κ1) is 29.6. The lowest BCUT2D eigenvalue weighted by molar-refractivity contribution is 0.0908. The van der Waals surface area contributed by atoms with Gasteiger partial charge in [0.2, 0.25) is 5.78 Å². The minimum atomic E-state index is -0.132. The Labute approximate surface area is 266 Å². The summed E-state index contributed by atoms with van der Waals surface area (Å²) in [6.07, 6.45) is 7.31. The number of carbonyl (C=O) groups is 2. The maximum absolute atomic E-state index is 12.8. The van der Waals surface area contributed by atoms with E-state index < -0.39 is 0 Å². The van der Waals surface area contributed by atoms with Crippen LogP contribution >= 0.6 is 15.9 Å². The number of nitrogens with one attached hydrogen (secondary N) is 1. The molecule has 44 heavy (non-hydrogen) atoms. The zero-order chi connectivity index (χ0) is 30.3. The molecule has 0 radical (unpaired) electrons. The van der Waals surface area contributed by atoms with Gasteiger partial charge in [-0.15, -0.1) is 0 Å². The molecule has 6 nitrogen and oxygen atoms in total. The number of Topliss-reactive ketones (excluding diaryl/α,β-unsaturated/α-hetero) is 1. The van der Waals surface area contributed by atoms with Crippen LogP contribution in [0.5, 0.6) is 11.5 Å². The van der Waals surface area contributed by atoms with Gasteiger partial charge in [-0.3, -0.25) is 14.5 Å². The molecule has 0 bridgehead atoms. The third-order valence-corrected chi connectivity index (χ3v) is 8.34. The molecular weight excluding hydrogens is 616 g/mol. The molecule has 1 N–H and O–H groups in total. The van der Waals surface area contributed by atoms with E-state index in [1.165, 1.54) is 5.56 Å². The van der Waals surface area contributed by atoms with E-state index in [-0.39, 0.29) is 17.7 Å². The largest absolute Gasteiger partial charge is 0.489 e. The molecule has 7 heteroatoms. The summed E-state index contributed by atoms with van der Waals surface area (Å²) < 4.78 is 12.9. The van der Waals surface area contributed by atoms with Crippen molar-refractivity contribution in [2.75, 3.05) is 13.1 Å². The number of piperidine rings is 1. The van der Waals surface area contributed by atoms with Crippen LogP contribution in [0, 0.1) is 0 Å². The van der Waals surface area contributed by atoms with Crippen molar-refractivity contribution in [2.24, 2.45) is 0 Å². The SMILES string of the molecule is O=C(NC1CCN(Cc2cccc(COc3ccc4c(c3)OC(=CC=Cc3ccccc3)C4=O)c2)CC1)c1ccc(Br)cc1. The molecular formula is C37H33BrN2O4.